The molecular formula is C22H16N4OS. The zero-order valence-corrected chi connectivity index (χ0v) is 15.9. The number of ether oxygens (including phenoxy) is 1. The lowest BCUT2D eigenvalue weighted by Gasteiger charge is -2.11. The Morgan fingerprint density at radius 3 is 2.36 bits per heavy atom. The van der Waals surface area contributed by atoms with Gasteiger partial charge < -0.3 is 4.74 Å². The summed E-state index contributed by atoms with van der Waals surface area (Å²) in [7, 11) is 1.65. The fourth-order valence-electron chi connectivity index (χ4n) is 2.83. The smallest absolute Gasteiger partial charge is 0.160 e. The average molecular weight is 384 g/mol. The number of nitriles is 1. The molecule has 0 aliphatic carbocycles. The number of hydrogen-bond acceptors (Lipinski definition) is 5. The van der Waals surface area contributed by atoms with Crippen LogP contribution in [-0.2, 0) is 0 Å². The van der Waals surface area contributed by atoms with Crippen LogP contribution in [0.1, 0.15) is 5.56 Å². The van der Waals surface area contributed by atoms with Gasteiger partial charge in [-0.2, -0.15) is 5.26 Å². The fourth-order valence-corrected chi connectivity index (χ4v) is 3.58. The number of methoxy groups -OCH3 is 1. The van der Waals surface area contributed by atoms with E-state index in [9.17, 15) is 0 Å². The largest absolute Gasteiger partial charge is 0.497 e. The molecule has 28 heavy (non-hydrogen) atoms. The molecule has 2 aromatic carbocycles. The Morgan fingerprint density at radius 2 is 1.71 bits per heavy atom. The van der Waals surface area contributed by atoms with E-state index in [1.165, 1.54) is 0 Å². The normalized spacial score (nSPS) is 10.9. The second kappa shape index (κ2) is 7.91. The average Bonchev–Trinajstić information content (AvgIpc) is 3.42. The molecule has 136 valence electrons. The van der Waals surface area contributed by atoms with E-state index >= 15 is 0 Å². The fraction of sp³-hybridized carbons (Fsp3) is 0.0455. The highest BCUT2D eigenvalue weighted by molar-refractivity contribution is 7.13. The van der Waals surface area contributed by atoms with Crippen LogP contribution < -0.4 is 4.74 Å². The molecule has 2 heterocycles. The number of azo groups is 1. The monoisotopic (exact) mass is 384 g/mol. The quantitative estimate of drug-likeness (QED) is 0.369. The van der Waals surface area contributed by atoms with E-state index in [1.807, 2.05) is 42.5 Å². The van der Waals surface area contributed by atoms with Crippen LogP contribution in [0.5, 0.6) is 5.75 Å². The zero-order chi connectivity index (χ0) is 19.3. The minimum atomic E-state index is 0.598. The molecule has 0 bridgehead atoms. The van der Waals surface area contributed by atoms with Crippen molar-refractivity contribution in [2.45, 2.75) is 0 Å². The van der Waals surface area contributed by atoms with Crippen LogP contribution in [0.15, 0.2) is 88.4 Å². The van der Waals surface area contributed by atoms with Gasteiger partial charge in [-0.05, 0) is 72.1 Å². The molecule has 5 nitrogen and oxygen atoms in total. The predicted molar refractivity (Wildman–Crippen MR) is 111 cm³/mol. The molecule has 0 aliphatic heterocycles. The van der Waals surface area contributed by atoms with Crippen LogP contribution in [0.3, 0.4) is 0 Å². The summed E-state index contributed by atoms with van der Waals surface area (Å²) in [6.45, 7) is 0. The molecule has 0 aliphatic rings. The number of rotatable bonds is 5. The number of thiophene rings is 1. The summed E-state index contributed by atoms with van der Waals surface area (Å²) in [5.41, 5.74) is 3.32. The number of benzene rings is 2. The van der Waals surface area contributed by atoms with Crippen LogP contribution in [0, 0.1) is 11.3 Å². The van der Waals surface area contributed by atoms with Crippen LogP contribution >= 0.6 is 11.3 Å². The van der Waals surface area contributed by atoms with Gasteiger partial charge in [-0.25, -0.2) is 0 Å². The van der Waals surface area contributed by atoms with Crippen LogP contribution in [0.2, 0.25) is 0 Å². The van der Waals surface area contributed by atoms with Gasteiger partial charge in [0, 0.05) is 5.69 Å². The number of nitrogens with zero attached hydrogens (tertiary/aromatic N) is 4. The molecule has 0 saturated heterocycles. The molecule has 4 aromatic rings. The molecule has 0 radical (unpaired) electrons. The first-order valence-corrected chi connectivity index (χ1v) is 9.48. The van der Waals surface area contributed by atoms with E-state index in [-0.39, 0.29) is 0 Å². The molecule has 0 atom stereocenters. The van der Waals surface area contributed by atoms with Crippen molar-refractivity contribution in [1.29, 1.82) is 5.26 Å². The van der Waals surface area contributed by atoms with Crippen molar-refractivity contribution in [2.75, 3.05) is 7.11 Å². The van der Waals surface area contributed by atoms with Crippen molar-refractivity contribution in [3.8, 4) is 28.1 Å². The van der Waals surface area contributed by atoms with Crippen LogP contribution in [0.4, 0.5) is 11.5 Å². The SMILES string of the molecule is COc1ccc(-n2c(N=Nc3ccc(C#N)cc3)ccc2-c2cccs2)cc1. The standard InChI is InChI=1S/C22H16N4OS/c1-27-19-10-8-18(9-11-19)26-20(21-3-2-14-28-21)12-13-22(26)25-24-17-6-4-16(15-23)5-7-17/h2-14H,1H3. The molecule has 0 unspecified atom stereocenters. The third kappa shape index (κ3) is 3.56. The van der Waals surface area contributed by atoms with Gasteiger partial charge >= 0.3 is 0 Å². The Balaban J connectivity index is 1.76. The number of hydrogen-bond donors (Lipinski definition) is 0. The van der Waals surface area contributed by atoms with Crippen molar-refractivity contribution >= 4 is 22.8 Å². The molecule has 4 rings (SSSR count). The number of aromatic nitrogens is 1. The van der Waals surface area contributed by atoms with Gasteiger partial charge in [0.2, 0.25) is 0 Å². The van der Waals surface area contributed by atoms with E-state index in [1.54, 1.807) is 42.7 Å². The Kier molecular flexibility index (Phi) is 5.00. The van der Waals surface area contributed by atoms with E-state index in [0.717, 1.165) is 27.8 Å². The molecule has 0 fully saturated rings. The van der Waals surface area contributed by atoms with Crippen molar-refractivity contribution in [1.82, 2.24) is 4.57 Å². The van der Waals surface area contributed by atoms with Gasteiger partial charge in [0.15, 0.2) is 5.82 Å². The van der Waals surface area contributed by atoms with Crippen molar-refractivity contribution < 1.29 is 4.74 Å². The van der Waals surface area contributed by atoms with Crippen molar-refractivity contribution in [3.05, 3.63) is 83.7 Å². The Bertz CT molecular complexity index is 1130. The van der Waals surface area contributed by atoms with Crippen molar-refractivity contribution in [2.24, 2.45) is 10.2 Å². The third-order valence-corrected chi connectivity index (χ3v) is 5.12. The topological polar surface area (TPSA) is 62.7 Å². The molecule has 0 saturated carbocycles. The summed E-state index contributed by atoms with van der Waals surface area (Å²) in [6.07, 6.45) is 0. The third-order valence-electron chi connectivity index (χ3n) is 4.23. The van der Waals surface area contributed by atoms with Gasteiger partial charge in [0.1, 0.15) is 5.75 Å². The van der Waals surface area contributed by atoms with Crippen LogP contribution in [-0.4, -0.2) is 11.7 Å². The van der Waals surface area contributed by atoms with Crippen molar-refractivity contribution in [3.63, 3.8) is 0 Å². The van der Waals surface area contributed by atoms with E-state index in [2.05, 4.69) is 32.3 Å². The van der Waals surface area contributed by atoms with Gasteiger partial charge in [-0.1, -0.05) is 6.07 Å². The first-order chi connectivity index (χ1) is 13.8. The summed E-state index contributed by atoms with van der Waals surface area (Å²) in [5, 5.41) is 19.8. The second-order valence-corrected chi connectivity index (χ2v) is 6.89. The minimum Gasteiger partial charge on any atom is -0.497 e. The maximum Gasteiger partial charge on any atom is 0.160 e. The lowest BCUT2D eigenvalue weighted by molar-refractivity contribution is 0.415. The summed E-state index contributed by atoms with van der Waals surface area (Å²) in [6, 6.07) is 25.1. The summed E-state index contributed by atoms with van der Waals surface area (Å²) in [4.78, 5) is 1.15. The highest BCUT2D eigenvalue weighted by Gasteiger charge is 2.13. The predicted octanol–water partition coefficient (Wildman–Crippen LogP) is 6.50. The molecule has 0 amide bonds. The lowest BCUT2D eigenvalue weighted by atomic mass is 10.2. The summed E-state index contributed by atoms with van der Waals surface area (Å²) in [5.74, 6) is 1.52. The van der Waals surface area contributed by atoms with Crippen LogP contribution in [0.25, 0.3) is 16.3 Å². The lowest BCUT2D eigenvalue weighted by Crippen LogP contribution is -1.95. The maximum atomic E-state index is 8.91. The highest BCUT2D eigenvalue weighted by Crippen LogP contribution is 2.34. The molecule has 6 heteroatoms. The van der Waals surface area contributed by atoms with Gasteiger partial charge in [0.05, 0.1) is 35.0 Å². The molecule has 0 N–H and O–H groups in total. The maximum absolute atomic E-state index is 8.91. The highest BCUT2D eigenvalue weighted by atomic mass is 32.1. The zero-order valence-electron chi connectivity index (χ0n) is 15.1. The Labute approximate surface area is 166 Å². The molecule has 0 spiro atoms. The minimum absolute atomic E-state index is 0.598. The van der Waals surface area contributed by atoms with E-state index in [4.69, 9.17) is 10.00 Å². The van der Waals surface area contributed by atoms with Gasteiger partial charge in [0.25, 0.3) is 0 Å². The summed E-state index contributed by atoms with van der Waals surface area (Å²) >= 11 is 1.68. The van der Waals surface area contributed by atoms with Gasteiger partial charge in [-0.15, -0.1) is 21.6 Å². The first-order valence-electron chi connectivity index (χ1n) is 8.60. The molecule has 2 aromatic heterocycles. The summed E-state index contributed by atoms with van der Waals surface area (Å²) < 4.78 is 7.34. The Hall–Kier alpha value is -3.69. The Morgan fingerprint density at radius 1 is 0.929 bits per heavy atom. The molecular weight excluding hydrogens is 368 g/mol. The second-order valence-electron chi connectivity index (χ2n) is 5.95. The first kappa shape index (κ1) is 17.7. The van der Waals surface area contributed by atoms with E-state index in [0.29, 0.717) is 11.3 Å². The van der Waals surface area contributed by atoms with E-state index < -0.39 is 0 Å². The van der Waals surface area contributed by atoms with Gasteiger partial charge in [-0.3, -0.25) is 4.57 Å².